The fourth-order valence-corrected chi connectivity index (χ4v) is 3.52. The van der Waals surface area contributed by atoms with Crippen LogP contribution in [0, 0.1) is 11.8 Å². The van der Waals surface area contributed by atoms with E-state index in [0.29, 0.717) is 5.92 Å². The molecule has 2 fully saturated rings. The SMILES string of the molecule is CC(C)c1ccc(CN2CCC3CNCC3C2)cc1. The van der Waals surface area contributed by atoms with Crippen LogP contribution in [0.15, 0.2) is 24.3 Å². The summed E-state index contributed by atoms with van der Waals surface area (Å²) in [5.41, 5.74) is 2.91. The van der Waals surface area contributed by atoms with Gasteiger partial charge in [-0.15, -0.1) is 0 Å². The largest absolute Gasteiger partial charge is 0.316 e. The van der Waals surface area contributed by atoms with Crippen molar-refractivity contribution in [2.45, 2.75) is 32.7 Å². The highest BCUT2D eigenvalue weighted by Crippen LogP contribution is 2.27. The lowest BCUT2D eigenvalue weighted by atomic mass is 9.88. The zero-order chi connectivity index (χ0) is 13.2. The molecule has 1 aromatic carbocycles. The third kappa shape index (κ3) is 3.01. The molecule has 104 valence electrons. The highest BCUT2D eigenvalue weighted by Gasteiger charge is 2.32. The Balaban J connectivity index is 1.59. The number of benzene rings is 1. The van der Waals surface area contributed by atoms with Crippen molar-refractivity contribution in [1.29, 1.82) is 0 Å². The number of likely N-dealkylation sites (tertiary alicyclic amines) is 1. The fourth-order valence-electron chi connectivity index (χ4n) is 3.52. The lowest BCUT2D eigenvalue weighted by molar-refractivity contribution is 0.142. The van der Waals surface area contributed by atoms with Crippen molar-refractivity contribution in [3.8, 4) is 0 Å². The van der Waals surface area contributed by atoms with Gasteiger partial charge in [0.15, 0.2) is 0 Å². The minimum absolute atomic E-state index is 0.634. The second-order valence-electron chi connectivity index (χ2n) is 6.60. The summed E-state index contributed by atoms with van der Waals surface area (Å²) < 4.78 is 0. The average molecular weight is 258 g/mol. The molecule has 0 aliphatic carbocycles. The summed E-state index contributed by atoms with van der Waals surface area (Å²) in [5.74, 6) is 2.47. The van der Waals surface area contributed by atoms with Gasteiger partial charge in [-0.2, -0.15) is 0 Å². The van der Waals surface area contributed by atoms with Gasteiger partial charge in [0.05, 0.1) is 0 Å². The molecule has 19 heavy (non-hydrogen) atoms. The number of nitrogens with one attached hydrogen (secondary N) is 1. The van der Waals surface area contributed by atoms with Gasteiger partial charge < -0.3 is 5.32 Å². The van der Waals surface area contributed by atoms with Crippen LogP contribution in [0.3, 0.4) is 0 Å². The lowest BCUT2D eigenvalue weighted by Gasteiger charge is -2.34. The lowest BCUT2D eigenvalue weighted by Crippen LogP contribution is -2.39. The second-order valence-corrected chi connectivity index (χ2v) is 6.60. The van der Waals surface area contributed by atoms with Crippen molar-refractivity contribution in [1.82, 2.24) is 10.2 Å². The van der Waals surface area contributed by atoms with Crippen LogP contribution in [0.1, 0.15) is 37.3 Å². The number of piperidine rings is 1. The normalized spacial score (nSPS) is 27.7. The van der Waals surface area contributed by atoms with E-state index in [0.717, 1.165) is 18.4 Å². The van der Waals surface area contributed by atoms with E-state index in [2.05, 4.69) is 48.3 Å². The standard InChI is InChI=1S/C17H26N2/c1-13(2)15-5-3-14(4-6-15)11-19-8-7-16-9-18-10-17(16)12-19/h3-6,13,16-18H,7-12H2,1-2H3. The third-order valence-electron chi connectivity index (χ3n) is 4.84. The first-order valence-corrected chi connectivity index (χ1v) is 7.74. The summed E-state index contributed by atoms with van der Waals surface area (Å²) in [6, 6.07) is 9.22. The Bertz CT molecular complexity index is 410. The molecule has 2 heterocycles. The number of hydrogen-bond donors (Lipinski definition) is 1. The fraction of sp³-hybridized carbons (Fsp3) is 0.647. The minimum Gasteiger partial charge on any atom is -0.316 e. The molecule has 2 heteroatoms. The molecule has 2 saturated heterocycles. The monoisotopic (exact) mass is 258 g/mol. The van der Waals surface area contributed by atoms with Crippen LogP contribution in [0.2, 0.25) is 0 Å². The van der Waals surface area contributed by atoms with Crippen molar-refractivity contribution in [3.05, 3.63) is 35.4 Å². The van der Waals surface area contributed by atoms with Gasteiger partial charge in [-0.25, -0.2) is 0 Å². The van der Waals surface area contributed by atoms with Gasteiger partial charge in [0.2, 0.25) is 0 Å². The molecule has 1 N–H and O–H groups in total. The van der Waals surface area contributed by atoms with E-state index >= 15 is 0 Å². The molecule has 2 unspecified atom stereocenters. The maximum atomic E-state index is 3.54. The molecule has 3 rings (SSSR count). The van der Waals surface area contributed by atoms with Crippen molar-refractivity contribution >= 4 is 0 Å². The van der Waals surface area contributed by atoms with Gasteiger partial charge in [-0.3, -0.25) is 4.90 Å². The van der Waals surface area contributed by atoms with Gasteiger partial charge in [0.1, 0.15) is 0 Å². The number of nitrogens with zero attached hydrogens (tertiary/aromatic N) is 1. The first kappa shape index (κ1) is 13.1. The number of fused-ring (bicyclic) bond motifs is 1. The van der Waals surface area contributed by atoms with Gasteiger partial charge in [0.25, 0.3) is 0 Å². The summed E-state index contributed by atoms with van der Waals surface area (Å²) in [6.07, 6.45) is 1.38. The Morgan fingerprint density at radius 2 is 1.89 bits per heavy atom. The van der Waals surface area contributed by atoms with Crippen molar-refractivity contribution in [2.75, 3.05) is 26.2 Å². The Hall–Kier alpha value is -0.860. The maximum Gasteiger partial charge on any atom is 0.0233 e. The van der Waals surface area contributed by atoms with E-state index < -0.39 is 0 Å². The van der Waals surface area contributed by atoms with Crippen LogP contribution < -0.4 is 5.32 Å². The molecule has 0 radical (unpaired) electrons. The predicted octanol–water partition coefficient (Wildman–Crippen LogP) is 2.85. The summed E-state index contributed by atoms with van der Waals surface area (Å²) in [6.45, 7) is 10.7. The van der Waals surface area contributed by atoms with Crippen LogP contribution in [0.5, 0.6) is 0 Å². The van der Waals surface area contributed by atoms with Gasteiger partial charge >= 0.3 is 0 Å². The highest BCUT2D eigenvalue weighted by molar-refractivity contribution is 5.24. The van der Waals surface area contributed by atoms with Crippen molar-refractivity contribution in [2.24, 2.45) is 11.8 Å². The molecule has 0 aromatic heterocycles. The van der Waals surface area contributed by atoms with E-state index in [4.69, 9.17) is 0 Å². The average Bonchev–Trinajstić information content (AvgIpc) is 2.87. The van der Waals surface area contributed by atoms with E-state index in [-0.39, 0.29) is 0 Å². The molecule has 2 nitrogen and oxygen atoms in total. The van der Waals surface area contributed by atoms with E-state index in [9.17, 15) is 0 Å². The Morgan fingerprint density at radius 1 is 1.16 bits per heavy atom. The van der Waals surface area contributed by atoms with Crippen molar-refractivity contribution < 1.29 is 0 Å². The summed E-state index contributed by atoms with van der Waals surface area (Å²) in [5, 5.41) is 3.54. The van der Waals surface area contributed by atoms with Crippen molar-refractivity contribution in [3.63, 3.8) is 0 Å². The first-order valence-electron chi connectivity index (χ1n) is 7.74. The van der Waals surface area contributed by atoms with Crippen LogP contribution in [0.25, 0.3) is 0 Å². The molecule has 2 aliphatic heterocycles. The number of hydrogen-bond acceptors (Lipinski definition) is 2. The van der Waals surface area contributed by atoms with Crippen LogP contribution >= 0.6 is 0 Å². The molecule has 2 aliphatic rings. The Kier molecular flexibility index (Phi) is 3.90. The smallest absolute Gasteiger partial charge is 0.0233 e. The van der Waals surface area contributed by atoms with Crippen LogP contribution in [-0.2, 0) is 6.54 Å². The minimum atomic E-state index is 0.634. The maximum absolute atomic E-state index is 3.54. The molecule has 2 atom stereocenters. The predicted molar refractivity (Wildman–Crippen MR) is 80.3 cm³/mol. The summed E-state index contributed by atoms with van der Waals surface area (Å²) in [4.78, 5) is 2.64. The van der Waals surface area contributed by atoms with E-state index in [1.807, 2.05) is 0 Å². The zero-order valence-electron chi connectivity index (χ0n) is 12.2. The first-order chi connectivity index (χ1) is 9.22. The molecule has 0 amide bonds. The zero-order valence-corrected chi connectivity index (χ0v) is 12.2. The Morgan fingerprint density at radius 3 is 2.63 bits per heavy atom. The Labute approximate surface area is 117 Å². The summed E-state index contributed by atoms with van der Waals surface area (Å²) >= 11 is 0. The second kappa shape index (κ2) is 5.64. The van der Waals surface area contributed by atoms with Crippen LogP contribution in [-0.4, -0.2) is 31.1 Å². The molecular formula is C17H26N2. The van der Waals surface area contributed by atoms with E-state index in [1.165, 1.54) is 43.7 Å². The summed E-state index contributed by atoms with van der Waals surface area (Å²) in [7, 11) is 0. The highest BCUT2D eigenvalue weighted by atomic mass is 15.1. The van der Waals surface area contributed by atoms with Gasteiger partial charge in [-0.05, 0) is 54.9 Å². The van der Waals surface area contributed by atoms with Crippen LogP contribution in [0.4, 0.5) is 0 Å². The molecule has 0 saturated carbocycles. The van der Waals surface area contributed by atoms with E-state index in [1.54, 1.807) is 0 Å². The topological polar surface area (TPSA) is 15.3 Å². The van der Waals surface area contributed by atoms with Gasteiger partial charge in [0, 0.05) is 13.1 Å². The molecule has 0 spiro atoms. The third-order valence-corrected chi connectivity index (χ3v) is 4.84. The molecular weight excluding hydrogens is 232 g/mol. The molecule has 1 aromatic rings. The number of rotatable bonds is 3. The van der Waals surface area contributed by atoms with Gasteiger partial charge in [-0.1, -0.05) is 38.1 Å². The quantitative estimate of drug-likeness (QED) is 0.897. The molecule has 0 bridgehead atoms.